The fraction of sp³-hybridized carbons (Fsp3) is 0.692. The zero-order valence-corrected chi connectivity index (χ0v) is 12.8. The van der Waals surface area contributed by atoms with Crippen LogP contribution in [-0.4, -0.2) is 56.6 Å². The standard InChI is InChI=1S/C13H20N2O5S/c1-3-7-14-12(16)10-20-13(17)11-5-8-15(9-6-11)21(18,19)4-2/h1,11H,4-10H2,2H3,(H,14,16). The van der Waals surface area contributed by atoms with E-state index in [9.17, 15) is 18.0 Å². The third kappa shape index (κ3) is 5.36. The third-order valence-corrected chi connectivity index (χ3v) is 5.16. The van der Waals surface area contributed by atoms with Gasteiger partial charge in [-0.1, -0.05) is 5.92 Å². The van der Waals surface area contributed by atoms with Crippen LogP contribution in [0.25, 0.3) is 0 Å². The molecule has 7 nitrogen and oxygen atoms in total. The number of sulfonamides is 1. The van der Waals surface area contributed by atoms with Crippen molar-refractivity contribution >= 4 is 21.9 Å². The van der Waals surface area contributed by atoms with E-state index in [0.29, 0.717) is 25.9 Å². The lowest BCUT2D eigenvalue weighted by Crippen LogP contribution is -2.41. The van der Waals surface area contributed by atoms with Crippen LogP contribution in [0.2, 0.25) is 0 Å². The SMILES string of the molecule is C#CCNC(=O)COC(=O)C1CCN(S(=O)(=O)CC)CC1. The van der Waals surface area contributed by atoms with Gasteiger partial charge in [-0.15, -0.1) is 6.42 Å². The molecule has 118 valence electrons. The molecule has 0 aromatic heterocycles. The molecule has 0 aromatic rings. The van der Waals surface area contributed by atoms with Gasteiger partial charge in [0.05, 0.1) is 18.2 Å². The molecule has 21 heavy (non-hydrogen) atoms. The summed E-state index contributed by atoms with van der Waals surface area (Å²) in [6.07, 6.45) is 5.80. The summed E-state index contributed by atoms with van der Waals surface area (Å²) in [6.45, 7) is 1.92. The fourth-order valence-corrected chi connectivity index (χ4v) is 3.14. The minimum absolute atomic E-state index is 0.0530. The Bertz CT molecular complexity index is 515. The third-order valence-electron chi connectivity index (χ3n) is 3.28. The summed E-state index contributed by atoms with van der Waals surface area (Å²) in [6, 6.07) is 0. The molecule has 0 radical (unpaired) electrons. The second-order valence-electron chi connectivity index (χ2n) is 4.66. The summed E-state index contributed by atoms with van der Waals surface area (Å²) in [5.41, 5.74) is 0. The van der Waals surface area contributed by atoms with Crippen molar-refractivity contribution in [2.24, 2.45) is 5.92 Å². The Morgan fingerprint density at radius 1 is 1.38 bits per heavy atom. The summed E-state index contributed by atoms with van der Waals surface area (Å²) >= 11 is 0. The van der Waals surface area contributed by atoms with Gasteiger partial charge in [0.15, 0.2) is 6.61 Å². The molecule has 0 atom stereocenters. The van der Waals surface area contributed by atoms with Crippen molar-refractivity contribution in [2.75, 3.05) is 32.0 Å². The molecule has 0 aromatic carbocycles. The van der Waals surface area contributed by atoms with Crippen LogP contribution in [0.5, 0.6) is 0 Å². The summed E-state index contributed by atoms with van der Waals surface area (Å²) < 4.78 is 29.7. The first-order valence-electron chi connectivity index (χ1n) is 6.75. The number of carbonyl (C=O) groups excluding carboxylic acids is 2. The topological polar surface area (TPSA) is 92.8 Å². The molecular weight excluding hydrogens is 296 g/mol. The largest absolute Gasteiger partial charge is 0.455 e. The number of amides is 1. The van der Waals surface area contributed by atoms with E-state index in [-0.39, 0.29) is 24.8 Å². The minimum atomic E-state index is -3.21. The molecule has 1 saturated heterocycles. The molecule has 1 N–H and O–H groups in total. The van der Waals surface area contributed by atoms with E-state index in [0.717, 1.165) is 0 Å². The van der Waals surface area contributed by atoms with Crippen molar-refractivity contribution < 1.29 is 22.7 Å². The molecule has 0 bridgehead atoms. The number of esters is 1. The van der Waals surface area contributed by atoms with Crippen molar-refractivity contribution in [2.45, 2.75) is 19.8 Å². The maximum Gasteiger partial charge on any atom is 0.309 e. The number of nitrogens with one attached hydrogen (secondary N) is 1. The van der Waals surface area contributed by atoms with E-state index in [1.54, 1.807) is 6.92 Å². The van der Waals surface area contributed by atoms with Crippen LogP contribution >= 0.6 is 0 Å². The maximum atomic E-state index is 11.8. The summed E-state index contributed by atoms with van der Waals surface area (Å²) in [4.78, 5) is 23.0. The normalized spacial score (nSPS) is 17.0. The minimum Gasteiger partial charge on any atom is -0.455 e. The zero-order chi connectivity index (χ0) is 15.9. The van der Waals surface area contributed by atoms with Crippen LogP contribution in [0.4, 0.5) is 0 Å². The Morgan fingerprint density at radius 3 is 2.52 bits per heavy atom. The summed E-state index contributed by atoms with van der Waals surface area (Å²) in [7, 11) is -3.21. The van der Waals surface area contributed by atoms with Gasteiger partial charge in [-0.2, -0.15) is 0 Å². The maximum absolute atomic E-state index is 11.8. The number of terminal acetylenes is 1. The first-order valence-corrected chi connectivity index (χ1v) is 8.36. The predicted octanol–water partition coefficient (Wildman–Crippen LogP) is -0.659. The van der Waals surface area contributed by atoms with E-state index >= 15 is 0 Å². The predicted molar refractivity (Wildman–Crippen MR) is 76.6 cm³/mol. The quantitative estimate of drug-likeness (QED) is 0.519. The Hall–Kier alpha value is -1.59. The van der Waals surface area contributed by atoms with Gasteiger partial charge in [0.1, 0.15) is 0 Å². The van der Waals surface area contributed by atoms with Gasteiger partial charge >= 0.3 is 5.97 Å². The summed E-state index contributed by atoms with van der Waals surface area (Å²) in [5, 5.41) is 2.39. The number of piperidine rings is 1. The lowest BCUT2D eigenvalue weighted by molar-refractivity contribution is -0.153. The van der Waals surface area contributed by atoms with Crippen LogP contribution < -0.4 is 5.32 Å². The first-order chi connectivity index (χ1) is 9.90. The highest BCUT2D eigenvalue weighted by atomic mass is 32.2. The van der Waals surface area contributed by atoms with Gasteiger partial charge in [0, 0.05) is 13.1 Å². The first kappa shape index (κ1) is 17.5. The van der Waals surface area contributed by atoms with Crippen LogP contribution in [0.15, 0.2) is 0 Å². The molecule has 1 heterocycles. The highest BCUT2D eigenvalue weighted by Gasteiger charge is 2.31. The van der Waals surface area contributed by atoms with Crippen LogP contribution in [0.3, 0.4) is 0 Å². The van der Waals surface area contributed by atoms with Crippen LogP contribution in [-0.2, 0) is 24.3 Å². The second kappa shape index (κ2) is 8.00. The molecule has 0 spiro atoms. The number of carbonyl (C=O) groups is 2. The smallest absolute Gasteiger partial charge is 0.309 e. The Kier molecular flexibility index (Phi) is 6.65. The molecule has 1 amide bonds. The molecule has 8 heteroatoms. The van der Waals surface area contributed by atoms with Gasteiger partial charge in [-0.05, 0) is 19.8 Å². The van der Waals surface area contributed by atoms with Crippen molar-refractivity contribution in [1.82, 2.24) is 9.62 Å². The van der Waals surface area contributed by atoms with E-state index in [2.05, 4.69) is 11.2 Å². The van der Waals surface area contributed by atoms with Crippen molar-refractivity contribution in [3.05, 3.63) is 0 Å². The Balaban J connectivity index is 2.36. The van der Waals surface area contributed by atoms with Gasteiger partial charge in [0.25, 0.3) is 5.91 Å². The lowest BCUT2D eigenvalue weighted by Gasteiger charge is -2.29. The number of rotatable bonds is 6. The lowest BCUT2D eigenvalue weighted by atomic mass is 9.98. The molecular formula is C13H20N2O5S. The van der Waals surface area contributed by atoms with E-state index in [1.165, 1.54) is 4.31 Å². The Morgan fingerprint density at radius 2 is 2.00 bits per heavy atom. The van der Waals surface area contributed by atoms with Gasteiger partial charge < -0.3 is 10.1 Å². The number of nitrogens with zero attached hydrogens (tertiary/aromatic N) is 1. The number of hydrogen-bond donors (Lipinski definition) is 1. The van der Waals surface area contributed by atoms with Gasteiger partial charge in [-0.3, -0.25) is 9.59 Å². The van der Waals surface area contributed by atoms with Gasteiger partial charge in [-0.25, -0.2) is 12.7 Å². The molecule has 0 aliphatic carbocycles. The van der Waals surface area contributed by atoms with Crippen molar-refractivity contribution in [3.63, 3.8) is 0 Å². The average molecular weight is 316 g/mol. The fourth-order valence-electron chi connectivity index (χ4n) is 2.01. The van der Waals surface area contributed by atoms with Crippen molar-refractivity contribution in [3.8, 4) is 12.3 Å². The highest BCUT2D eigenvalue weighted by molar-refractivity contribution is 7.89. The van der Waals surface area contributed by atoms with E-state index < -0.39 is 21.9 Å². The molecule has 1 aliphatic heterocycles. The number of hydrogen-bond acceptors (Lipinski definition) is 5. The zero-order valence-electron chi connectivity index (χ0n) is 12.0. The molecule has 1 fully saturated rings. The summed E-state index contributed by atoms with van der Waals surface area (Å²) in [5.74, 6) is 1.00. The average Bonchev–Trinajstić information content (AvgIpc) is 2.50. The van der Waals surface area contributed by atoms with Crippen molar-refractivity contribution in [1.29, 1.82) is 0 Å². The van der Waals surface area contributed by atoms with Crippen LogP contribution in [0, 0.1) is 18.3 Å². The van der Waals surface area contributed by atoms with E-state index in [4.69, 9.17) is 11.2 Å². The van der Waals surface area contributed by atoms with Gasteiger partial charge in [0.2, 0.25) is 10.0 Å². The molecule has 0 saturated carbocycles. The molecule has 1 aliphatic rings. The highest BCUT2D eigenvalue weighted by Crippen LogP contribution is 2.20. The van der Waals surface area contributed by atoms with Crippen LogP contribution in [0.1, 0.15) is 19.8 Å². The second-order valence-corrected chi connectivity index (χ2v) is 6.92. The monoisotopic (exact) mass is 316 g/mol. The molecule has 1 rings (SSSR count). The molecule has 0 unspecified atom stereocenters. The number of ether oxygens (including phenoxy) is 1. The Labute approximate surface area is 125 Å². The van der Waals surface area contributed by atoms with E-state index in [1.807, 2.05) is 0 Å².